The van der Waals surface area contributed by atoms with E-state index in [-0.39, 0.29) is 17.7 Å². The van der Waals surface area contributed by atoms with Crippen molar-refractivity contribution in [2.45, 2.75) is 32.1 Å². The first kappa shape index (κ1) is 15.5. The van der Waals surface area contributed by atoms with E-state index in [4.69, 9.17) is 5.26 Å². The van der Waals surface area contributed by atoms with Gasteiger partial charge in [0.2, 0.25) is 0 Å². The zero-order valence-corrected chi connectivity index (χ0v) is 12.9. The van der Waals surface area contributed by atoms with Gasteiger partial charge < -0.3 is 10.4 Å². The average molecular weight is 302 g/mol. The maximum Gasteiger partial charge on any atom is 0.261 e. The normalized spacial score (nSPS) is 18.0. The van der Waals surface area contributed by atoms with Gasteiger partial charge in [0.05, 0.1) is 17.7 Å². The summed E-state index contributed by atoms with van der Waals surface area (Å²) in [5, 5.41) is 21.9. The zero-order valence-electron chi connectivity index (χ0n) is 12.1. The molecule has 0 aromatic heterocycles. The Morgan fingerprint density at radius 2 is 2.24 bits per heavy atom. The molecule has 5 heteroatoms. The van der Waals surface area contributed by atoms with Crippen LogP contribution in [0.15, 0.2) is 34.9 Å². The lowest BCUT2D eigenvalue weighted by Gasteiger charge is -2.12. The number of aliphatic hydroxyl groups excluding tert-OH is 1. The molecule has 21 heavy (non-hydrogen) atoms. The number of hydrogen-bond acceptors (Lipinski definition) is 4. The summed E-state index contributed by atoms with van der Waals surface area (Å²) in [4.78, 5) is 12.3. The number of nitriles is 1. The molecule has 0 radical (unpaired) electrons. The molecule has 2 rings (SSSR count). The lowest BCUT2D eigenvalue weighted by Crippen LogP contribution is -2.30. The largest absolute Gasteiger partial charge is 0.509 e. The minimum atomic E-state index is -0.273. The molecule has 1 aromatic carbocycles. The molecule has 1 amide bonds. The summed E-state index contributed by atoms with van der Waals surface area (Å²) in [6, 6.07) is 9.08. The SMILES string of the molecule is CC(C)CC1NC(=O)C(SCc2cccc(C#N)c2)=C1O. The fourth-order valence-electron chi connectivity index (χ4n) is 2.23. The van der Waals surface area contributed by atoms with E-state index in [0.717, 1.165) is 12.0 Å². The minimum absolute atomic E-state index is 0.148. The number of rotatable bonds is 5. The van der Waals surface area contributed by atoms with E-state index in [2.05, 4.69) is 25.2 Å². The Labute approximate surface area is 128 Å². The third-order valence-electron chi connectivity index (χ3n) is 3.22. The second-order valence-electron chi connectivity index (χ2n) is 5.47. The van der Waals surface area contributed by atoms with Gasteiger partial charge in [-0.3, -0.25) is 4.79 Å². The lowest BCUT2D eigenvalue weighted by atomic mass is 10.0. The van der Waals surface area contributed by atoms with E-state index in [0.29, 0.717) is 22.1 Å². The van der Waals surface area contributed by atoms with Gasteiger partial charge in [-0.2, -0.15) is 5.26 Å². The Morgan fingerprint density at radius 3 is 2.90 bits per heavy atom. The van der Waals surface area contributed by atoms with Crippen molar-refractivity contribution in [3.8, 4) is 6.07 Å². The van der Waals surface area contributed by atoms with E-state index in [1.807, 2.05) is 12.1 Å². The number of amides is 1. The molecule has 1 atom stereocenters. The van der Waals surface area contributed by atoms with Gasteiger partial charge in [0.25, 0.3) is 5.91 Å². The molecule has 1 heterocycles. The molecular formula is C16H18N2O2S. The third-order valence-corrected chi connectivity index (χ3v) is 4.38. The van der Waals surface area contributed by atoms with Gasteiger partial charge in [0, 0.05) is 5.75 Å². The average Bonchev–Trinajstić information content (AvgIpc) is 2.71. The molecule has 1 aliphatic heterocycles. The predicted molar refractivity (Wildman–Crippen MR) is 83.5 cm³/mol. The molecule has 0 saturated heterocycles. The molecule has 0 bridgehead atoms. The van der Waals surface area contributed by atoms with Crippen LogP contribution in [-0.4, -0.2) is 17.1 Å². The summed E-state index contributed by atoms with van der Waals surface area (Å²) in [7, 11) is 0. The molecule has 0 aliphatic carbocycles. The maximum atomic E-state index is 11.9. The van der Waals surface area contributed by atoms with Gasteiger partial charge in [0.1, 0.15) is 10.7 Å². The van der Waals surface area contributed by atoms with Crippen LogP contribution in [-0.2, 0) is 10.5 Å². The van der Waals surface area contributed by atoms with Crippen LogP contribution < -0.4 is 5.32 Å². The van der Waals surface area contributed by atoms with E-state index in [9.17, 15) is 9.90 Å². The van der Waals surface area contributed by atoms with E-state index in [1.54, 1.807) is 12.1 Å². The molecule has 0 saturated carbocycles. The first-order chi connectivity index (χ1) is 10.0. The first-order valence-corrected chi connectivity index (χ1v) is 7.85. The number of carbonyl (C=O) groups excluding carboxylic acids is 1. The van der Waals surface area contributed by atoms with Crippen molar-refractivity contribution in [2.24, 2.45) is 5.92 Å². The highest BCUT2D eigenvalue weighted by Gasteiger charge is 2.32. The number of thioether (sulfide) groups is 1. The van der Waals surface area contributed by atoms with Crippen molar-refractivity contribution in [3.05, 3.63) is 46.1 Å². The Balaban J connectivity index is 2.06. The lowest BCUT2D eigenvalue weighted by molar-refractivity contribution is -0.116. The maximum absolute atomic E-state index is 11.9. The molecule has 1 aromatic rings. The van der Waals surface area contributed by atoms with Crippen molar-refractivity contribution < 1.29 is 9.90 Å². The van der Waals surface area contributed by atoms with Crippen LogP contribution >= 0.6 is 11.8 Å². The second kappa shape index (κ2) is 6.68. The summed E-state index contributed by atoms with van der Waals surface area (Å²) in [5.41, 5.74) is 1.55. The van der Waals surface area contributed by atoms with Crippen molar-refractivity contribution in [2.75, 3.05) is 0 Å². The molecule has 0 spiro atoms. The molecule has 4 nitrogen and oxygen atoms in total. The van der Waals surface area contributed by atoms with Crippen LogP contribution in [0, 0.1) is 17.2 Å². The molecule has 1 unspecified atom stereocenters. The van der Waals surface area contributed by atoms with Gasteiger partial charge in [0.15, 0.2) is 0 Å². The zero-order chi connectivity index (χ0) is 15.4. The Bertz CT molecular complexity index is 617. The summed E-state index contributed by atoms with van der Waals surface area (Å²) in [6.45, 7) is 4.11. The summed E-state index contributed by atoms with van der Waals surface area (Å²) in [5.74, 6) is 0.889. The van der Waals surface area contributed by atoms with Crippen molar-refractivity contribution in [1.82, 2.24) is 5.32 Å². The molecule has 1 aliphatic rings. The van der Waals surface area contributed by atoms with Gasteiger partial charge in [-0.05, 0) is 30.0 Å². The first-order valence-electron chi connectivity index (χ1n) is 6.87. The summed E-state index contributed by atoms with van der Waals surface area (Å²) < 4.78 is 0. The fraction of sp³-hybridized carbons (Fsp3) is 0.375. The number of hydrogen-bond donors (Lipinski definition) is 2. The second-order valence-corrected chi connectivity index (χ2v) is 6.46. The highest BCUT2D eigenvalue weighted by molar-refractivity contribution is 8.03. The summed E-state index contributed by atoms with van der Waals surface area (Å²) in [6.07, 6.45) is 0.728. The quantitative estimate of drug-likeness (QED) is 0.876. The predicted octanol–water partition coefficient (Wildman–Crippen LogP) is 3.11. The Kier molecular flexibility index (Phi) is 4.92. The van der Waals surface area contributed by atoms with Crippen LogP contribution in [0.3, 0.4) is 0 Å². The third kappa shape index (κ3) is 3.79. The Hall–Kier alpha value is -1.93. The summed E-state index contributed by atoms with van der Waals surface area (Å²) >= 11 is 1.31. The smallest absolute Gasteiger partial charge is 0.261 e. The van der Waals surface area contributed by atoms with Gasteiger partial charge in [-0.15, -0.1) is 11.8 Å². The van der Waals surface area contributed by atoms with Crippen molar-refractivity contribution >= 4 is 17.7 Å². The van der Waals surface area contributed by atoms with Crippen molar-refractivity contribution in [1.29, 1.82) is 5.26 Å². The Morgan fingerprint density at radius 1 is 1.48 bits per heavy atom. The molecule has 0 fully saturated rings. The topological polar surface area (TPSA) is 73.1 Å². The fourth-order valence-corrected chi connectivity index (χ4v) is 3.21. The number of nitrogens with one attached hydrogen (secondary N) is 1. The highest BCUT2D eigenvalue weighted by atomic mass is 32.2. The molecular weight excluding hydrogens is 284 g/mol. The van der Waals surface area contributed by atoms with Crippen LogP contribution in [0.25, 0.3) is 0 Å². The van der Waals surface area contributed by atoms with Crippen LogP contribution in [0.2, 0.25) is 0 Å². The molecule has 2 N–H and O–H groups in total. The van der Waals surface area contributed by atoms with E-state index in [1.165, 1.54) is 11.8 Å². The van der Waals surface area contributed by atoms with Crippen LogP contribution in [0.5, 0.6) is 0 Å². The van der Waals surface area contributed by atoms with Crippen LogP contribution in [0.4, 0.5) is 0 Å². The molecule has 110 valence electrons. The number of carbonyl (C=O) groups is 1. The number of nitrogens with zero attached hydrogens (tertiary/aromatic N) is 1. The monoisotopic (exact) mass is 302 g/mol. The van der Waals surface area contributed by atoms with Gasteiger partial charge in [-0.25, -0.2) is 0 Å². The van der Waals surface area contributed by atoms with E-state index < -0.39 is 0 Å². The standard InChI is InChI=1S/C16H18N2O2S/c1-10(2)6-13-14(19)15(16(20)18-13)21-9-12-5-3-4-11(7-12)8-17/h3-5,7,10,13,19H,6,9H2,1-2H3,(H,18,20). The van der Waals surface area contributed by atoms with Gasteiger partial charge >= 0.3 is 0 Å². The van der Waals surface area contributed by atoms with Crippen molar-refractivity contribution in [3.63, 3.8) is 0 Å². The minimum Gasteiger partial charge on any atom is -0.509 e. The number of benzene rings is 1. The highest BCUT2D eigenvalue weighted by Crippen LogP contribution is 2.31. The van der Waals surface area contributed by atoms with Gasteiger partial charge in [-0.1, -0.05) is 26.0 Å². The number of aliphatic hydroxyl groups is 1. The van der Waals surface area contributed by atoms with E-state index >= 15 is 0 Å². The van der Waals surface area contributed by atoms with Crippen LogP contribution in [0.1, 0.15) is 31.4 Å².